The Kier molecular flexibility index (Phi) is 3.20. The largest absolute Gasteiger partial charge is 0.391 e. The van der Waals surface area contributed by atoms with E-state index in [1.54, 1.807) is 11.3 Å². The third-order valence-electron chi connectivity index (χ3n) is 3.14. The number of fused-ring (bicyclic) bond motifs is 1. The summed E-state index contributed by atoms with van der Waals surface area (Å²) in [5, 5.41) is 11.8. The number of anilines is 1. The Labute approximate surface area is 114 Å². The first-order valence-electron chi connectivity index (χ1n) is 5.70. The van der Waals surface area contributed by atoms with Crippen LogP contribution < -0.4 is 4.90 Å². The summed E-state index contributed by atoms with van der Waals surface area (Å²) < 4.78 is 0. The number of aliphatic hydroxyl groups is 1. The average molecular weight is 282 g/mol. The van der Waals surface area contributed by atoms with Gasteiger partial charge >= 0.3 is 0 Å². The van der Waals surface area contributed by atoms with Crippen molar-refractivity contribution in [3.8, 4) is 0 Å². The number of aliphatic hydroxyl groups excluding tert-OH is 1. The molecule has 0 amide bonds. The van der Waals surface area contributed by atoms with Gasteiger partial charge in [0.1, 0.15) is 17.3 Å². The van der Waals surface area contributed by atoms with Crippen molar-refractivity contribution in [1.29, 1.82) is 0 Å². The zero-order valence-corrected chi connectivity index (χ0v) is 11.2. The molecule has 0 unspecified atom stereocenters. The van der Waals surface area contributed by atoms with Crippen LogP contribution in [0.3, 0.4) is 0 Å². The minimum atomic E-state index is -0.137. The molecule has 2 aromatic heterocycles. The number of thiophene rings is 1. The zero-order valence-electron chi connectivity index (χ0n) is 9.64. The van der Waals surface area contributed by atoms with Gasteiger partial charge in [-0.15, -0.1) is 11.3 Å². The molecule has 0 bridgehead atoms. The highest BCUT2D eigenvalue weighted by Crippen LogP contribution is 2.30. The molecular formula is C12H12ClN3OS. The molecule has 0 saturated heterocycles. The molecule has 18 heavy (non-hydrogen) atoms. The van der Waals surface area contributed by atoms with Crippen molar-refractivity contribution in [3.05, 3.63) is 38.9 Å². The summed E-state index contributed by atoms with van der Waals surface area (Å²) >= 11 is 7.79. The molecule has 0 atom stereocenters. The van der Waals surface area contributed by atoms with E-state index >= 15 is 0 Å². The van der Waals surface area contributed by atoms with Crippen LogP contribution >= 0.6 is 22.9 Å². The molecule has 4 nitrogen and oxygen atoms in total. The Hall–Kier alpha value is -1.17. The lowest BCUT2D eigenvalue weighted by Gasteiger charge is -2.29. The minimum absolute atomic E-state index is 0.137. The van der Waals surface area contributed by atoms with Gasteiger partial charge in [0, 0.05) is 18.0 Å². The highest BCUT2D eigenvalue weighted by atomic mass is 35.5. The van der Waals surface area contributed by atoms with Gasteiger partial charge < -0.3 is 10.0 Å². The van der Waals surface area contributed by atoms with Crippen LogP contribution in [0.4, 0.5) is 5.82 Å². The molecule has 1 N–H and O–H groups in total. The predicted octanol–water partition coefficient (Wildman–Crippen LogP) is 2.25. The summed E-state index contributed by atoms with van der Waals surface area (Å²) in [6, 6.07) is 2.15. The van der Waals surface area contributed by atoms with Crippen LogP contribution in [0, 0.1) is 0 Å². The monoisotopic (exact) mass is 281 g/mol. The van der Waals surface area contributed by atoms with Crippen molar-refractivity contribution in [1.82, 2.24) is 9.97 Å². The Morgan fingerprint density at radius 3 is 3.17 bits per heavy atom. The molecule has 1 aliphatic heterocycles. The molecule has 3 heterocycles. The van der Waals surface area contributed by atoms with Crippen molar-refractivity contribution in [2.45, 2.75) is 19.6 Å². The molecule has 6 heteroatoms. The second kappa shape index (κ2) is 4.84. The van der Waals surface area contributed by atoms with Crippen LogP contribution in [0.5, 0.6) is 0 Å². The van der Waals surface area contributed by atoms with E-state index in [0.717, 1.165) is 25.3 Å². The maximum absolute atomic E-state index is 9.40. The molecule has 3 rings (SSSR count). The van der Waals surface area contributed by atoms with Gasteiger partial charge in [-0.05, 0) is 23.4 Å². The average Bonchev–Trinajstić information content (AvgIpc) is 2.85. The van der Waals surface area contributed by atoms with Gasteiger partial charge in [0.15, 0.2) is 0 Å². The molecule has 0 fully saturated rings. The van der Waals surface area contributed by atoms with Gasteiger partial charge in [0.2, 0.25) is 0 Å². The summed E-state index contributed by atoms with van der Waals surface area (Å²) in [5.74, 6) is 0.745. The van der Waals surface area contributed by atoms with Crippen molar-refractivity contribution >= 4 is 28.8 Å². The molecule has 0 radical (unpaired) electrons. The van der Waals surface area contributed by atoms with E-state index in [-0.39, 0.29) is 6.61 Å². The molecular weight excluding hydrogens is 270 g/mol. The van der Waals surface area contributed by atoms with Gasteiger partial charge in [-0.25, -0.2) is 9.97 Å². The first-order valence-corrected chi connectivity index (χ1v) is 6.95. The molecule has 0 saturated carbocycles. The molecule has 1 aliphatic rings. The van der Waals surface area contributed by atoms with Gasteiger partial charge in [-0.3, -0.25) is 0 Å². The van der Waals surface area contributed by atoms with Crippen LogP contribution in [0.2, 0.25) is 5.15 Å². The summed E-state index contributed by atoms with van der Waals surface area (Å²) in [7, 11) is 0. The van der Waals surface area contributed by atoms with E-state index in [1.165, 1.54) is 16.8 Å². The van der Waals surface area contributed by atoms with Crippen LogP contribution in [0.15, 0.2) is 17.8 Å². The Balaban J connectivity index is 1.95. The predicted molar refractivity (Wildman–Crippen MR) is 72.0 cm³/mol. The number of aromatic nitrogens is 2. The number of hydrogen-bond acceptors (Lipinski definition) is 5. The van der Waals surface area contributed by atoms with E-state index in [4.69, 9.17) is 11.6 Å². The lowest BCUT2D eigenvalue weighted by molar-refractivity contribution is 0.281. The van der Waals surface area contributed by atoms with Crippen molar-refractivity contribution < 1.29 is 5.11 Å². The molecule has 2 aromatic rings. The maximum Gasteiger partial charge on any atom is 0.140 e. The van der Waals surface area contributed by atoms with Crippen LogP contribution in [-0.4, -0.2) is 21.6 Å². The highest BCUT2D eigenvalue weighted by Gasteiger charge is 2.21. The lowest BCUT2D eigenvalue weighted by Crippen LogP contribution is -2.31. The number of nitrogens with zero attached hydrogens (tertiary/aromatic N) is 3. The fourth-order valence-corrected chi connectivity index (χ4v) is 3.30. The molecule has 0 spiro atoms. The summed E-state index contributed by atoms with van der Waals surface area (Å²) in [6.07, 6.45) is 2.46. The lowest BCUT2D eigenvalue weighted by atomic mass is 10.1. The third kappa shape index (κ3) is 1.98. The zero-order chi connectivity index (χ0) is 12.5. The van der Waals surface area contributed by atoms with E-state index < -0.39 is 0 Å². The number of rotatable bonds is 2. The first-order chi connectivity index (χ1) is 8.79. The van der Waals surface area contributed by atoms with Crippen LogP contribution in [-0.2, 0) is 19.6 Å². The second-order valence-electron chi connectivity index (χ2n) is 4.17. The van der Waals surface area contributed by atoms with Gasteiger partial charge in [-0.1, -0.05) is 11.6 Å². The fraction of sp³-hybridized carbons (Fsp3) is 0.333. The van der Waals surface area contributed by atoms with Gasteiger partial charge in [-0.2, -0.15) is 0 Å². The Morgan fingerprint density at radius 1 is 1.44 bits per heavy atom. The molecule has 0 aromatic carbocycles. The minimum Gasteiger partial charge on any atom is -0.391 e. The first kappa shape index (κ1) is 11.9. The van der Waals surface area contributed by atoms with Gasteiger partial charge in [0.05, 0.1) is 12.2 Å². The summed E-state index contributed by atoms with van der Waals surface area (Å²) in [6.45, 7) is 1.58. The smallest absolute Gasteiger partial charge is 0.140 e. The molecule has 0 aliphatic carbocycles. The fourth-order valence-electron chi connectivity index (χ4n) is 2.22. The van der Waals surface area contributed by atoms with Crippen molar-refractivity contribution in [2.24, 2.45) is 0 Å². The number of halogens is 1. The third-order valence-corrected chi connectivity index (χ3v) is 4.48. The molecule has 94 valence electrons. The quantitative estimate of drug-likeness (QED) is 0.858. The Bertz CT molecular complexity index is 572. The normalized spacial score (nSPS) is 14.7. The van der Waals surface area contributed by atoms with E-state index in [9.17, 15) is 5.11 Å². The van der Waals surface area contributed by atoms with Gasteiger partial charge in [0.25, 0.3) is 0 Å². The SMILES string of the molecule is OCc1c(Cl)ncnc1N1CCc2sccc2C1. The summed E-state index contributed by atoms with van der Waals surface area (Å²) in [4.78, 5) is 11.8. The standard InChI is InChI=1S/C12H12ClN3OS/c13-11-9(6-17)12(15-7-14-11)16-3-1-10-8(5-16)2-4-18-10/h2,4,7,17H,1,3,5-6H2. The topological polar surface area (TPSA) is 49.3 Å². The van der Waals surface area contributed by atoms with Crippen LogP contribution in [0.1, 0.15) is 16.0 Å². The Morgan fingerprint density at radius 2 is 2.33 bits per heavy atom. The van der Waals surface area contributed by atoms with Crippen LogP contribution in [0.25, 0.3) is 0 Å². The second-order valence-corrected chi connectivity index (χ2v) is 5.52. The van der Waals surface area contributed by atoms with Crippen molar-refractivity contribution in [2.75, 3.05) is 11.4 Å². The number of hydrogen-bond donors (Lipinski definition) is 1. The van der Waals surface area contributed by atoms with E-state index in [2.05, 4.69) is 26.3 Å². The van der Waals surface area contributed by atoms with E-state index in [1.807, 2.05) is 0 Å². The maximum atomic E-state index is 9.40. The summed E-state index contributed by atoms with van der Waals surface area (Å²) in [5.41, 5.74) is 1.95. The van der Waals surface area contributed by atoms with E-state index in [0.29, 0.717) is 10.7 Å². The van der Waals surface area contributed by atoms with Crippen molar-refractivity contribution in [3.63, 3.8) is 0 Å². The highest BCUT2D eigenvalue weighted by molar-refractivity contribution is 7.10.